The quantitative estimate of drug-likeness (QED) is 0.788. The van der Waals surface area contributed by atoms with Crippen LogP contribution in [0.1, 0.15) is 17.2 Å². The Kier molecular flexibility index (Phi) is 4.46. The number of benzene rings is 2. The fourth-order valence-corrected chi connectivity index (χ4v) is 2.33. The number of nitrogens with one attached hydrogen (secondary N) is 1. The maximum atomic E-state index is 12.8. The molecule has 3 rings (SSSR count). The van der Waals surface area contributed by atoms with Gasteiger partial charge < -0.3 is 5.32 Å². The van der Waals surface area contributed by atoms with Crippen LogP contribution in [0, 0.1) is 0 Å². The third-order valence-electron chi connectivity index (χ3n) is 3.45. The number of alkyl halides is 3. The zero-order chi connectivity index (χ0) is 17.9. The van der Waals surface area contributed by atoms with Gasteiger partial charge in [0, 0.05) is 5.69 Å². The number of halogens is 3. The number of aromatic nitrogens is 4. The average molecular weight is 347 g/mol. The van der Waals surface area contributed by atoms with Gasteiger partial charge in [-0.05, 0) is 34.2 Å². The van der Waals surface area contributed by atoms with Gasteiger partial charge in [0.1, 0.15) is 6.33 Å². The number of anilines is 1. The molecule has 3 aromatic rings. The highest BCUT2D eigenvalue weighted by atomic mass is 19.4. The van der Waals surface area contributed by atoms with Crippen LogP contribution in [0.5, 0.6) is 0 Å². The zero-order valence-corrected chi connectivity index (χ0v) is 12.7. The molecule has 1 heterocycles. The third kappa shape index (κ3) is 3.82. The fourth-order valence-electron chi connectivity index (χ4n) is 2.33. The third-order valence-corrected chi connectivity index (χ3v) is 3.45. The molecule has 25 heavy (non-hydrogen) atoms. The molecule has 0 fully saturated rings. The van der Waals surface area contributed by atoms with Crippen LogP contribution in [-0.4, -0.2) is 26.1 Å². The zero-order valence-electron chi connectivity index (χ0n) is 12.7. The van der Waals surface area contributed by atoms with Crippen molar-refractivity contribution in [3.63, 3.8) is 0 Å². The summed E-state index contributed by atoms with van der Waals surface area (Å²) in [5.74, 6) is -0.558. The van der Waals surface area contributed by atoms with Crippen molar-refractivity contribution < 1.29 is 18.0 Å². The summed E-state index contributed by atoms with van der Waals surface area (Å²) >= 11 is 0. The lowest BCUT2D eigenvalue weighted by Crippen LogP contribution is -2.27. The Morgan fingerprint density at radius 2 is 1.84 bits per heavy atom. The lowest BCUT2D eigenvalue weighted by Gasteiger charge is -2.17. The van der Waals surface area contributed by atoms with E-state index >= 15 is 0 Å². The molecule has 2 aromatic carbocycles. The smallest absolute Gasteiger partial charge is 0.324 e. The lowest BCUT2D eigenvalue weighted by molar-refractivity contribution is -0.137. The molecule has 0 radical (unpaired) electrons. The Morgan fingerprint density at radius 1 is 1.08 bits per heavy atom. The summed E-state index contributed by atoms with van der Waals surface area (Å²) in [6.45, 7) is 0. The molecule has 9 heteroatoms. The predicted molar refractivity (Wildman–Crippen MR) is 82.5 cm³/mol. The minimum atomic E-state index is -4.49. The van der Waals surface area contributed by atoms with Crippen molar-refractivity contribution in [2.24, 2.45) is 0 Å². The van der Waals surface area contributed by atoms with Crippen LogP contribution in [0.4, 0.5) is 18.9 Å². The van der Waals surface area contributed by atoms with E-state index in [0.29, 0.717) is 5.56 Å². The number of nitrogens with zero attached hydrogens (tertiary/aromatic N) is 4. The SMILES string of the molecule is O=C(Nc1cccc(C(F)(F)F)c1)[C@@H](c1ccccc1)n1cnnn1. The van der Waals surface area contributed by atoms with Crippen molar-refractivity contribution in [2.45, 2.75) is 12.2 Å². The molecule has 1 N–H and O–H groups in total. The van der Waals surface area contributed by atoms with Crippen molar-refractivity contribution in [1.29, 1.82) is 0 Å². The highest BCUT2D eigenvalue weighted by Crippen LogP contribution is 2.31. The molecule has 1 amide bonds. The fraction of sp³-hybridized carbons (Fsp3) is 0.125. The van der Waals surface area contributed by atoms with Crippen molar-refractivity contribution in [2.75, 3.05) is 5.32 Å². The van der Waals surface area contributed by atoms with Crippen LogP contribution in [-0.2, 0) is 11.0 Å². The Hall–Kier alpha value is -3.23. The number of hydrogen-bond acceptors (Lipinski definition) is 4. The number of hydrogen-bond donors (Lipinski definition) is 1. The van der Waals surface area contributed by atoms with E-state index in [-0.39, 0.29) is 5.69 Å². The topological polar surface area (TPSA) is 72.7 Å². The van der Waals surface area contributed by atoms with Gasteiger partial charge in [-0.25, -0.2) is 4.68 Å². The van der Waals surface area contributed by atoms with Crippen LogP contribution in [0.3, 0.4) is 0 Å². The van der Waals surface area contributed by atoms with Gasteiger partial charge in [-0.15, -0.1) is 5.10 Å². The van der Waals surface area contributed by atoms with Gasteiger partial charge in [-0.2, -0.15) is 13.2 Å². The molecule has 1 aromatic heterocycles. The Bertz CT molecular complexity index is 850. The predicted octanol–water partition coefficient (Wildman–Crippen LogP) is 2.92. The Morgan fingerprint density at radius 3 is 2.48 bits per heavy atom. The summed E-state index contributed by atoms with van der Waals surface area (Å²) < 4.78 is 39.7. The maximum absolute atomic E-state index is 12.8. The summed E-state index contributed by atoms with van der Waals surface area (Å²) in [6, 6.07) is 12.2. The molecular weight excluding hydrogens is 335 g/mol. The van der Waals surface area contributed by atoms with E-state index in [4.69, 9.17) is 0 Å². The van der Waals surface area contributed by atoms with Gasteiger partial charge >= 0.3 is 6.18 Å². The second-order valence-electron chi connectivity index (χ2n) is 5.17. The van der Waals surface area contributed by atoms with E-state index in [1.807, 2.05) is 0 Å². The van der Waals surface area contributed by atoms with Crippen LogP contribution < -0.4 is 5.32 Å². The largest absolute Gasteiger partial charge is 0.416 e. The molecular formula is C16H12F3N5O. The number of tetrazole rings is 1. The average Bonchev–Trinajstić information content (AvgIpc) is 3.09. The molecule has 128 valence electrons. The molecule has 0 aliphatic heterocycles. The van der Waals surface area contributed by atoms with Gasteiger partial charge in [-0.3, -0.25) is 4.79 Å². The van der Waals surface area contributed by atoms with E-state index in [0.717, 1.165) is 12.1 Å². The molecule has 6 nitrogen and oxygen atoms in total. The van der Waals surface area contributed by atoms with Crippen LogP contribution in [0.25, 0.3) is 0 Å². The van der Waals surface area contributed by atoms with Crippen LogP contribution in [0.15, 0.2) is 60.9 Å². The van der Waals surface area contributed by atoms with E-state index < -0.39 is 23.7 Å². The number of carbonyl (C=O) groups excluding carboxylic acids is 1. The number of carbonyl (C=O) groups is 1. The summed E-state index contributed by atoms with van der Waals surface area (Å²) in [6.07, 6.45) is -3.22. The first-order chi connectivity index (χ1) is 11.9. The van der Waals surface area contributed by atoms with Crippen molar-refractivity contribution >= 4 is 11.6 Å². The van der Waals surface area contributed by atoms with E-state index in [2.05, 4.69) is 20.8 Å². The maximum Gasteiger partial charge on any atom is 0.416 e. The van der Waals surface area contributed by atoms with Gasteiger partial charge in [-0.1, -0.05) is 36.4 Å². The standard InChI is InChI=1S/C16H12F3N5O/c17-16(18,19)12-7-4-8-13(9-12)21-15(25)14(24-10-20-22-23-24)11-5-2-1-3-6-11/h1-10,14H,(H,21,25)/t14-/m1/s1. The number of rotatable bonds is 4. The lowest BCUT2D eigenvalue weighted by atomic mass is 10.1. The molecule has 0 aliphatic rings. The van der Waals surface area contributed by atoms with E-state index in [1.54, 1.807) is 30.3 Å². The van der Waals surface area contributed by atoms with Gasteiger partial charge in [0.2, 0.25) is 0 Å². The summed E-state index contributed by atoms with van der Waals surface area (Å²) in [5, 5.41) is 13.2. The first-order valence-electron chi connectivity index (χ1n) is 7.21. The minimum Gasteiger partial charge on any atom is -0.324 e. The summed E-state index contributed by atoms with van der Waals surface area (Å²) in [4.78, 5) is 12.7. The van der Waals surface area contributed by atoms with E-state index in [9.17, 15) is 18.0 Å². The highest BCUT2D eigenvalue weighted by molar-refractivity contribution is 5.95. The molecule has 0 unspecified atom stereocenters. The molecule has 0 saturated heterocycles. The van der Waals surface area contributed by atoms with Crippen molar-refractivity contribution in [1.82, 2.24) is 20.2 Å². The van der Waals surface area contributed by atoms with Crippen LogP contribution in [0.2, 0.25) is 0 Å². The highest BCUT2D eigenvalue weighted by Gasteiger charge is 2.31. The molecule has 0 saturated carbocycles. The molecule has 0 aliphatic carbocycles. The van der Waals surface area contributed by atoms with Gasteiger partial charge in [0.05, 0.1) is 5.56 Å². The molecule has 0 spiro atoms. The first-order valence-corrected chi connectivity index (χ1v) is 7.21. The van der Waals surface area contributed by atoms with Crippen molar-refractivity contribution in [3.8, 4) is 0 Å². The van der Waals surface area contributed by atoms with Crippen molar-refractivity contribution in [3.05, 3.63) is 72.1 Å². The van der Waals surface area contributed by atoms with Gasteiger partial charge in [0.15, 0.2) is 6.04 Å². The minimum absolute atomic E-state index is 0.0360. The first kappa shape index (κ1) is 16.6. The Labute approximate surface area is 140 Å². The summed E-state index contributed by atoms with van der Waals surface area (Å²) in [5.41, 5.74) is -0.211. The summed E-state index contributed by atoms with van der Waals surface area (Å²) in [7, 11) is 0. The second-order valence-corrected chi connectivity index (χ2v) is 5.17. The monoisotopic (exact) mass is 347 g/mol. The van der Waals surface area contributed by atoms with E-state index in [1.165, 1.54) is 23.1 Å². The molecule has 0 bridgehead atoms. The normalized spacial score (nSPS) is 12.6. The second kappa shape index (κ2) is 6.71. The Balaban J connectivity index is 1.90. The number of amides is 1. The van der Waals surface area contributed by atoms with Crippen LogP contribution >= 0.6 is 0 Å². The van der Waals surface area contributed by atoms with Gasteiger partial charge in [0.25, 0.3) is 5.91 Å². The molecule has 1 atom stereocenters.